The summed E-state index contributed by atoms with van der Waals surface area (Å²) in [4.78, 5) is 19.6. The fourth-order valence-electron chi connectivity index (χ4n) is 5.77. The van der Waals surface area contributed by atoms with Gasteiger partial charge in [0.1, 0.15) is 35.6 Å². The molecule has 0 amide bonds. The lowest BCUT2D eigenvalue weighted by Gasteiger charge is -2.27. The number of rotatable bonds is 9. The first-order chi connectivity index (χ1) is 22.2. The highest BCUT2D eigenvalue weighted by Crippen LogP contribution is 2.34. The van der Waals surface area contributed by atoms with Crippen molar-refractivity contribution in [1.29, 1.82) is 0 Å². The number of halogens is 1. The molecular weight excluding hydrogens is 583 g/mol. The van der Waals surface area contributed by atoms with Gasteiger partial charge in [-0.2, -0.15) is 5.10 Å². The van der Waals surface area contributed by atoms with Crippen LogP contribution in [0.4, 0.5) is 10.1 Å². The average Bonchev–Trinajstić information content (AvgIpc) is 3.80. The summed E-state index contributed by atoms with van der Waals surface area (Å²) in [6, 6.07) is 14.5. The number of pyridine rings is 2. The van der Waals surface area contributed by atoms with E-state index in [0.29, 0.717) is 40.6 Å². The molecule has 46 heavy (non-hydrogen) atoms. The number of hydrogen-bond acceptors (Lipinski definition) is 8. The summed E-state index contributed by atoms with van der Waals surface area (Å²) in [5.74, 6) is 0.639. The van der Waals surface area contributed by atoms with Crippen molar-refractivity contribution in [3.8, 4) is 39.7 Å². The topological polar surface area (TPSA) is 128 Å². The Kier molecular flexibility index (Phi) is 7.87. The molecule has 1 aliphatic heterocycles. The quantitative estimate of drug-likeness (QED) is 0.133. The third kappa shape index (κ3) is 6.16. The molecule has 0 saturated carbocycles. The Labute approximate surface area is 266 Å². The Bertz CT molecular complexity index is 2010. The predicted octanol–water partition coefficient (Wildman–Crippen LogP) is 6.62. The second kappa shape index (κ2) is 12.1. The molecule has 0 bridgehead atoms. The van der Waals surface area contributed by atoms with Crippen molar-refractivity contribution in [1.82, 2.24) is 35.0 Å². The van der Waals surface area contributed by atoms with Crippen LogP contribution < -0.4 is 10.1 Å². The number of aliphatic hydroxyl groups is 1. The van der Waals surface area contributed by atoms with Gasteiger partial charge < -0.3 is 20.1 Å². The zero-order chi connectivity index (χ0) is 31.8. The molecule has 6 aromatic rings. The number of hydrogen-bond donors (Lipinski definition) is 4. The van der Waals surface area contributed by atoms with Gasteiger partial charge in [0.25, 0.3) is 0 Å². The van der Waals surface area contributed by atoms with Crippen LogP contribution in [0.1, 0.15) is 33.6 Å². The second-order valence-corrected chi connectivity index (χ2v) is 12.9. The predicted molar refractivity (Wildman–Crippen MR) is 178 cm³/mol. The molecule has 1 saturated heterocycles. The van der Waals surface area contributed by atoms with Crippen LogP contribution in [0, 0.1) is 11.2 Å². The Morgan fingerprint density at radius 2 is 1.83 bits per heavy atom. The summed E-state index contributed by atoms with van der Waals surface area (Å²) < 4.78 is 20.7. The zero-order valence-electron chi connectivity index (χ0n) is 26.1. The number of aromatic amines is 2. The number of aliphatic hydroxyl groups excluding tert-OH is 1. The van der Waals surface area contributed by atoms with E-state index < -0.39 is 12.0 Å². The van der Waals surface area contributed by atoms with Crippen LogP contribution in [0.2, 0.25) is 0 Å². The van der Waals surface area contributed by atoms with Gasteiger partial charge in [0.15, 0.2) is 5.82 Å². The number of benzene rings is 2. The highest BCUT2D eigenvalue weighted by atomic mass is 19.1. The normalized spacial score (nSPS) is 14.7. The molecule has 5 heterocycles. The molecular formula is C35H37FN8O2. The van der Waals surface area contributed by atoms with E-state index in [-0.39, 0.29) is 5.41 Å². The van der Waals surface area contributed by atoms with Gasteiger partial charge in [0.05, 0.1) is 28.6 Å². The molecule has 4 N–H and O–H groups in total. The van der Waals surface area contributed by atoms with Gasteiger partial charge in [0, 0.05) is 46.9 Å². The van der Waals surface area contributed by atoms with Crippen LogP contribution in [0.15, 0.2) is 67.1 Å². The molecule has 10 nitrogen and oxygen atoms in total. The summed E-state index contributed by atoms with van der Waals surface area (Å²) in [6.07, 6.45) is 6.87. The van der Waals surface area contributed by atoms with E-state index in [1.54, 1.807) is 18.6 Å². The summed E-state index contributed by atoms with van der Waals surface area (Å²) in [5.41, 5.74) is 6.23. The maximum atomic E-state index is 14.8. The summed E-state index contributed by atoms with van der Waals surface area (Å²) in [5, 5.41) is 22.3. The molecule has 0 aliphatic carbocycles. The SMILES string of the molecule is CC(C)(C)C(O)Nc1cncc(-c2ccc3[nH]nc(-c4nc5c(-c6cc(F)cc(OCCN7CCCC7)c6)nccc5[nH]4)c3c2)c1. The molecule has 1 unspecified atom stereocenters. The summed E-state index contributed by atoms with van der Waals surface area (Å²) in [7, 11) is 0. The average molecular weight is 621 g/mol. The van der Waals surface area contributed by atoms with Crippen LogP contribution in [-0.4, -0.2) is 72.6 Å². The van der Waals surface area contributed by atoms with Crippen molar-refractivity contribution in [2.75, 3.05) is 31.6 Å². The van der Waals surface area contributed by atoms with E-state index in [9.17, 15) is 9.50 Å². The van der Waals surface area contributed by atoms with Gasteiger partial charge in [-0.05, 0) is 67.9 Å². The van der Waals surface area contributed by atoms with Crippen molar-refractivity contribution in [3.63, 3.8) is 0 Å². The fourth-order valence-corrected chi connectivity index (χ4v) is 5.77. The lowest BCUT2D eigenvalue weighted by Crippen LogP contribution is -2.33. The summed E-state index contributed by atoms with van der Waals surface area (Å²) in [6.45, 7) is 9.39. The summed E-state index contributed by atoms with van der Waals surface area (Å²) >= 11 is 0. The van der Waals surface area contributed by atoms with Gasteiger partial charge in [-0.25, -0.2) is 9.37 Å². The van der Waals surface area contributed by atoms with Gasteiger partial charge in [-0.3, -0.25) is 20.0 Å². The number of ether oxygens (including phenoxy) is 1. The van der Waals surface area contributed by atoms with E-state index in [0.717, 1.165) is 52.9 Å². The highest BCUT2D eigenvalue weighted by molar-refractivity contribution is 5.97. The molecule has 11 heteroatoms. The second-order valence-electron chi connectivity index (χ2n) is 12.9. The minimum Gasteiger partial charge on any atom is -0.492 e. The van der Waals surface area contributed by atoms with Crippen molar-refractivity contribution >= 4 is 27.6 Å². The molecule has 0 radical (unpaired) electrons. The molecule has 1 aliphatic rings. The van der Waals surface area contributed by atoms with Crippen LogP contribution in [0.25, 0.3) is 55.8 Å². The van der Waals surface area contributed by atoms with E-state index in [4.69, 9.17) is 9.72 Å². The maximum absolute atomic E-state index is 14.8. The van der Waals surface area contributed by atoms with Crippen LogP contribution >= 0.6 is 0 Å². The van der Waals surface area contributed by atoms with E-state index >= 15 is 0 Å². The van der Waals surface area contributed by atoms with Crippen LogP contribution in [0.3, 0.4) is 0 Å². The number of likely N-dealkylation sites (tertiary alicyclic amines) is 1. The van der Waals surface area contributed by atoms with E-state index in [2.05, 4.69) is 35.4 Å². The first kappa shape index (κ1) is 29.8. The van der Waals surface area contributed by atoms with Gasteiger partial charge in [-0.15, -0.1) is 0 Å². The number of aromatic nitrogens is 6. The van der Waals surface area contributed by atoms with Gasteiger partial charge in [-0.1, -0.05) is 26.8 Å². The number of nitrogens with zero attached hydrogens (tertiary/aromatic N) is 5. The van der Waals surface area contributed by atoms with E-state index in [1.165, 1.54) is 25.0 Å². The molecule has 236 valence electrons. The van der Waals surface area contributed by atoms with Crippen molar-refractivity contribution in [3.05, 3.63) is 72.9 Å². The minimum atomic E-state index is -0.730. The monoisotopic (exact) mass is 620 g/mol. The Morgan fingerprint density at radius 1 is 0.978 bits per heavy atom. The third-order valence-electron chi connectivity index (χ3n) is 8.40. The molecule has 1 fully saturated rings. The number of H-pyrrole nitrogens is 2. The lowest BCUT2D eigenvalue weighted by atomic mass is 9.94. The molecule has 2 aromatic carbocycles. The first-order valence-electron chi connectivity index (χ1n) is 15.6. The zero-order valence-corrected chi connectivity index (χ0v) is 26.1. The number of fused-ring (bicyclic) bond motifs is 2. The fraction of sp³-hybridized carbons (Fsp3) is 0.314. The Balaban J connectivity index is 1.19. The van der Waals surface area contributed by atoms with Gasteiger partial charge >= 0.3 is 0 Å². The Hall–Kier alpha value is -4.87. The Morgan fingerprint density at radius 3 is 2.65 bits per heavy atom. The highest BCUT2D eigenvalue weighted by Gasteiger charge is 2.22. The first-order valence-corrected chi connectivity index (χ1v) is 15.6. The minimum absolute atomic E-state index is 0.333. The standard InChI is InChI=1S/C35H37FN8O2/c1-35(2,3)34(45)39-25-15-23(19-37-20-25)21-6-7-28-27(17-21)31(43-42-28)33-40-29-8-9-38-30(32(29)41-33)22-14-24(36)18-26(16-22)46-13-12-44-10-4-5-11-44/h6-9,14-20,34,39,45H,4-5,10-13H2,1-3H3,(H,40,41)(H,42,43). The number of imidazole rings is 1. The van der Waals surface area contributed by atoms with Crippen molar-refractivity contribution in [2.24, 2.45) is 5.41 Å². The third-order valence-corrected chi connectivity index (χ3v) is 8.40. The number of anilines is 1. The molecule has 4 aromatic heterocycles. The molecule has 7 rings (SSSR count). The van der Waals surface area contributed by atoms with Crippen LogP contribution in [0.5, 0.6) is 5.75 Å². The molecule has 1 atom stereocenters. The largest absolute Gasteiger partial charge is 0.492 e. The number of nitrogens with one attached hydrogen (secondary N) is 3. The molecule has 0 spiro atoms. The lowest BCUT2D eigenvalue weighted by molar-refractivity contribution is 0.0880. The maximum Gasteiger partial charge on any atom is 0.159 e. The van der Waals surface area contributed by atoms with Crippen molar-refractivity contribution < 1.29 is 14.2 Å². The van der Waals surface area contributed by atoms with Crippen molar-refractivity contribution in [2.45, 2.75) is 39.8 Å². The van der Waals surface area contributed by atoms with Crippen LogP contribution in [-0.2, 0) is 0 Å². The smallest absolute Gasteiger partial charge is 0.159 e. The van der Waals surface area contributed by atoms with Gasteiger partial charge in [0.2, 0.25) is 0 Å². The van der Waals surface area contributed by atoms with E-state index in [1.807, 2.05) is 57.2 Å².